The van der Waals surface area contributed by atoms with E-state index in [1.54, 1.807) is 17.6 Å². The average molecular weight is 262 g/mol. The zero-order valence-electron chi connectivity index (χ0n) is 8.98. The van der Waals surface area contributed by atoms with E-state index in [1.807, 2.05) is 0 Å². The van der Waals surface area contributed by atoms with Crippen LogP contribution in [0, 0.1) is 5.82 Å². The number of H-pyrrole nitrogens is 1. The molecule has 2 heterocycles. The van der Waals surface area contributed by atoms with Crippen LogP contribution in [0.25, 0.3) is 10.9 Å². The van der Waals surface area contributed by atoms with E-state index in [2.05, 4.69) is 20.5 Å². The molecule has 0 radical (unpaired) electrons. The summed E-state index contributed by atoms with van der Waals surface area (Å²) in [6, 6.07) is 4.47. The Labute approximate surface area is 105 Å². The van der Waals surface area contributed by atoms with Crippen LogP contribution >= 0.6 is 11.3 Å². The summed E-state index contributed by atoms with van der Waals surface area (Å²) in [5, 5.41) is 11.6. The molecule has 0 unspecified atom stereocenters. The van der Waals surface area contributed by atoms with Crippen molar-refractivity contribution in [2.75, 3.05) is 5.32 Å². The van der Waals surface area contributed by atoms with Crippen LogP contribution in [-0.4, -0.2) is 21.1 Å². The fraction of sp³-hybridized carbons (Fsp3) is 0. The first-order chi connectivity index (χ1) is 8.75. The lowest BCUT2D eigenvalue weighted by Crippen LogP contribution is -2.12. The number of nitrogens with zero attached hydrogens (tertiary/aromatic N) is 2. The summed E-state index contributed by atoms with van der Waals surface area (Å²) in [4.78, 5) is 15.9. The van der Waals surface area contributed by atoms with Crippen molar-refractivity contribution in [3.8, 4) is 0 Å². The number of aromatic amines is 1. The molecule has 0 aliphatic rings. The van der Waals surface area contributed by atoms with Crippen molar-refractivity contribution in [2.24, 2.45) is 0 Å². The van der Waals surface area contributed by atoms with E-state index >= 15 is 0 Å². The normalized spacial score (nSPS) is 10.7. The number of amides is 1. The highest BCUT2D eigenvalue weighted by Crippen LogP contribution is 2.20. The highest BCUT2D eigenvalue weighted by molar-refractivity contribution is 7.13. The number of anilines is 1. The Morgan fingerprint density at radius 3 is 3.11 bits per heavy atom. The maximum Gasteiger partial charge on any atom is 0.276 e. The average Bonchev–Trinajstić information content (AvgIpc) is 2.98. The summed E-state index contributed by atoms with van der Waals surface area (Å²) in [7, 11) is 0. The van der Waals surface area contributed by atoms with Crippen molar-refractivity contribution in [2.45, 2.75) is 0 Å². The summed E-state index contributed by atoms with van der Waals surface area (Å²) in [5.41, 5.74) is 0.376. The Hall–Kier alpha value is -2.28. The van der Waals surface area contributed by atoms with Gasteiger partial charge in [-0.2, -0.15) is 5.10 Å². The van der Waals surface area contributed by atoms with Crippen LogP contribution in [0.15, 0.2) is 29.8 Å². The predicted molar refractivity (Wildman–Crippen MR) is 66.1 cm³/mol. The van der Waals surface area contributed by atoms with Gasteiger partial charge in [0.15, 0.2) is 10.9 Å². The number of nitrogens with one attached hydrogen (secondary N) is 2. The topological polar surface area (TPSA) is 70.7 Å². The van der Waals surface area contributed by atoms with Crippen LogP contribution in [0.4, 0.5) is 9.52 Å². The molecule has 0 aliphatic carbocycles. The van der Waals surface area contributed by atoms with Crippen molar-refractivity contribution in [1.29, 1.82) is 0 Å². The van der Waals surface area contributed by atoms with E-state index < -0.39 is 11.7 Å². The lowest BCUT2D eigenvalue weighted by Gasteiger charge is -1.99. The molecular formula is C11H7FN4OS. The molecule has 0 spiro atoms. The van der Waals surface area contributed by atoms with E-state index in [0.717, 1.165) is 0 Å². The minimum absolute atomic E-state index is 0.154. The van der Waals surface area contributed by atoms with Crippen LogP contribution in [0.2, 0.25) is 0 Å². The Balaban J connectivity index is 1.99. The minimum atomic E-state index is -0.461. The van der Waals surface area contributed by atoms with Gasteiger partial charge in [-0.3, -0.25) is 15.2 Å². The number of thiazole rings is 1. The summed E-state index contributed by atoms with van der Waals surface area (Å²) in [5.74, 6) is -0.852. The molecule has 0 saturated heterocycles. The fourth-order valence-corrected chi connectivity index (χ4v) is 2.14. The number of hydrogen-bond donors (Lipinski definition) is 2. The van der Waals surface area contributed by atoms with Gasteiger partial charge in [-0.1, -0.05) is 12.1 Å². The van der Waals surface area contributed by atoms with Gasteiger partial charge in [-0.15, -0.1) is 11.3 Å². The second-order valence-corrected chi connectivity index (χ2v) is 4.42. The zero-order valence-corrected chi connectivity index (χ0v) is 9.79. The summed E-state index contributed by atoms with van der Waals surface area (Å²) in [6.07, 6.45) is 1.59. The van der Waals surface area contributed by atoms with Gasteiger partial charge < -0.3 is 0 Å². The number of fused-ring (bicyclic) bond motifs is 1. The van der Waals surface area contributed by atoms with E-state index in [-0.39, 0.29) is 11.2 Å². The van der Waals surface area contributed by atoms with Crippen LogP contribution in [0.3, 0.4) is 0 Å². The number of hydrogen-bond acceptors (Lipinski definition) is 4. The molecule has 18 heavy (non-hydrogen) atoms. The van der Waals surface area contributed by atoms with Crippen LogP contribution in [-0.2, 0) is 0 Å². The van der Waals surface area contributed by atoms with Gasteiger partial charge in [0.25, 0.3) is 5.91 Å². The molecule has 7 heteroatoms. The highest BCUT2D eigenvalue weighted by Gasteiger charge is 2.16. The van der Waals surface area contributed by atoms with Crippen molar-refractivity contribution < 1.29 is 9.18 Å². The van der Waals surface area contributed by atoms with Gasteiger partial charge >= 0.3 is 0 Å². The summed E-state index contributed by atoms with van der Waals surface area (Å²) >= 11 is 1.31. The molecular weight excluding hydrogens is 255 g/mol. The molecule has 3 rings (SSSR count). The molecule has 2 aromatic heterocycles. The minimum Gasteiger partial charge on any atom is -0.296 e. The number of carbonyl (C=O) groups excluding carboxylic acids is 1. The van der Waals surface area contributed by atoms with Gasteiger partial charge in [0.05, 0.1) is 0 Å². The predicted octanol–water partition coefficient (Wildman–Crippen LogP) is 2.41. The third-order valence-corrected chi connectivity index (χ3v) is 3.10. The van der Waals surface area contributed by atoms with Crippen LogP contribution < -0.4 is 5.32 Å². The highest BCUT2D eigenvalue weighted by atomic mass is 32.1. The van der Waals surface area contributed by atoms with Crippen molar-refractivity contribution in [3.05, 3.63) is 41.3 Å². The number of carbonyl (C=O) groups is 1. The lowest BCUT2D eigenvalue weighted by molar-refractivity contribution is 0.102. The summed E-state index contributed by atoms with van der Waals surface area (Å²) in [6.45, 7) is 0. The molecule has 1 amide bonds. The van der Waals surface area contributed by atoms with Gasteiger partial charge in [0.2, 0.25) is 0 Å². The monoisotopic (exact) mass is 262 g/mol. The van der Waals surface area contributed by atoms with E-state index in [4.69, 9.17) is 0 Å². The van der Waals surface area contributed by atoms with E-state index in [1.165, 1.54) is 23.5 Å². The number of halogens is 1. The van der Waals surface area contributed by atoms with E-state index in [9.17, 15) is 9.18 Å². The van der Waals surface area contributed by atoms with Crippen LogP contribution in [0.5, 0.6) is 0 Å². The Morgan fingerprint density at radius 1 is 1.44 bits per heavy atom. The Bertz CT molecular complexity index is 707. The Morgan fingerprint density at radius 2 is 2.33 bits per heavy atom. The smallest absolute Gasteiger partial charge is 0.276 e. The first kappa shape index (κ1) is 10.8. The quantitative estimate of drug-likeness (QED) is 0.745. The molecule has 0 aliphatic heterocycles. The molecule has 3 aromatic rings. The number of aromatic nitrogens is 3. The molecule has 0 atom stereocenters. The maximum atomic E-state index is 13.4. The maximum absolute atomic E-state index is 13.4. The standard InChI is InChI=1S/C11H7FN4OS/c12-7-3-1-2-6-8(7)15-16-9(6)10(17)14-11-13-4-5-18-11/h1-5H,(H,15,16)(H,13,14,17). The van der Waals surface area contributed by atoms with E-state index in [0.29, 0.717) is 10.5 Å². The lowest BCUT2D eigenvalue weighted by atomic mass is 10.2. The first-order valence-corrected chi connectivity index (χ1v) is 5.97. The molecule has 90 valence electrons. The van der Waals surface area contributed by atoms with Gasteiger partial charge in [0.1, 0.15) is 11.2 Å². The molecule has 2 N–H and O–H groups in total. The number of benzene rings is 1. The Kier molecular flexibility index (Phi) is 2.52. The van der Waals surface area contributed by atoms with Gasteiger partial charge in [-0.25, -0.2) is 9.37 Å². The van der Waals surface area contributed by atoms with Crippen molar-refractivity contribution >= 4 is 33.3 Å². The molecule has 1 aromatic carbocycles. The summed E-state index contributed by atoms with van der Waals surface area (Å²) < 4.78 is 13.4. The van der Waals surface area contributed by atoms with Crippen molar-refractivity contribution in [1.82, 2.24) is 15.2 Å². The molecule has 0 bridgehead atoms. The number of para-hydroxylation sites is 1. The van der Waals surface area contributed by atoms with Crippen LogP contribution in [0.1, 0.15) is 10.5 Å². The number of rotatable bonds is 2. The third kappa shape index (κ3) is 1.74. The zero-order chi connectivity index (χ0) is 12.5. The second kappa shape index (κ2) is 4.19. The van der Waals surface area contributed by atoms with Gasteiger partial charge in [-0.05, 0) is 6.07 Å². The molecule has 0 saturated carbocycles. The largest absolute Gasteiger partial charge is 0.296 e. The van der Waals surface area contributed by atoms with Crippen molar-refractivity contribution in [3.63, 3.8) is 0 Å². The fourth-order valence-electron chi connectivity index (χ4n) is 1.62. The third-order valence-electron chi connectivity index (χ3n) is 2.42. The molecule has 0 fully saturated rings. The van der Waals surface area contributed by atoms with Gasteiger partial charge in [0, 0.05) is 17.0 Å². The SMILES string of the molecule is O=C(Nc1nccs1)c1[nH]nc2c(F)cccc12. The first-order valence-electron chi connectivity index (χ1n) is 5.09. The second-order valence-electron chi connectivity index (χ2n) is 3.53. The molecule has 5 nitrogen and oxygen atoms in total.